The summed E-state index contributed by atoms with van der Waals surface area (Å²) >= 11 is 0. The Balaban J connectivity index is 1.51. The van der Waals surface area contributed by atoms with Crippen LogP contribution in [-0.2, 0) is 16.6 Å². The van der Waals surface area contributed by atoms with Crippen molar-refractivity contribution >= 4 is 5.78 Å². The first-order chi connectivity index (χ1) is 16.4. The van der Waals surface area contributed by atoms with Crippen LogP contribution in [0.4, 0.5) is 0 Å². The van der Waals surface area contributed by atoms with E-state index < -0.39 is 11.5 Å². The maximum Gasteiger partial charge on any atom is 0.227 e. The van der Waals surface area contributed by atoms with Crippen LogP contribution in [0.1, 0.15) is 54.7 Å². The Labute approximate surface area is 199 Å². The molecule has 1 unspecified atom stereocenters. The topological polar surface area (TPSA) is 106 Å². The highest BCUT2D eigenvalue weighted by Gasteiger charge is 2.41. The smallest absolute Gasteiger partial charge is 0.227 e. The van der Waals surface area contributed by atoms with Crippen molar-refractivity contribution in [3.63, 3.8) is 0 Å². The highest BCUT2D eigenvalue weighted by atomic mass is 16.5. The molecule has 1 fully saturated rings. The maximum atomic E-state index is 13.1. The summed E-state index contributed by atoms with van der Waals surface area (Å²) in [5.74, 6) is 1.98. The minimum absolute atomic E-state index is 0.0196. The first-order valence-electron chi connectivity index (χ1n) is 11.9. The van der Waals surface area contributed by atoms with Crippen molar-refractivity contribution in [1.82, 2.24) is 10.1 Å². The van der Waals surface area contributed by atoms with E-state index >= 15 is 0 Å². The number of carbonyl (C=O) groups excluding carboxylic acids is 1. The highest BCUT2D eigenvalue weighted by molar-refractivity contribution is 5.90. The summed E-state index contributed by atoms with van der Waals surface area (Å²) in [5.41, 5.74) is 3.16. The van der Waals surface area contributed by atoms with Gasteiger partial charge >= 0.3 is 0 Å². The molecule has 1 saturated carbocycles. The van der Waals surface area contributed by atoms with Gasteiger partial charge in [0.2, 0.25) is 11.7 Å². The Morgan fingerprint density at radius 2 is 1.88 bits per heavy atom. The van der Waals surface area contributed by atoms with Crippen molar-refractivity contribution in [2.24, 2.45) is 0 Å². The van der Waals surface area contributed by atoms with Crippen molar-refractivity contribution in [2.45, 2.75) is 63.9 Å². The number of aliphatic hydroxyl groups is 2. The van der Waals surface area contributed by atoms with Gasteiger partial charge in [-0.1, -0.05) is 41.9 Å². The van der Waals surface area contributed by atoms with E-state index in [9.17, 15) is 9.90 Å². The first-order valence-corrected chi connectivity index (χ1v) is 11.9. The second-order valence-corrected chi connectivity index (χ2v) is 9.18. The van der Waals surface area contributed by atoms with Crippen molar-refractivity contribution in [3.8, 4) is 17.1 Å². The molecule has 0 radical (unpaired) electrons. The van der Waals surface area contributed by atoms with Crippen LogP contribution < -0.4 is 4.74 Å². The molecule has 1 heterocycles. The van der Waals surface area contributed by atoms with Crippen molar-refractivity contribution in [2.75, 3.05) is 13.2 Å². The van der Waals surface area contributed by atoms with Gasteiger partial charge in [-0.25, -0.2) is 0 Å². The standard InChI is InChI=1S/C27H32N2O5/c1-18-14-20(15-19(2)25(18)33-17-22(31)16-30)26-28-24(34-29-26)11-13-27(12-7-6-10-23(27)32)21-8-4-3-5-9-21/h3-5,8-9,14-15,22,30-31H,6-7,10-13,16-17H2,1-2H3/t22-,27?/m0/s1. The molecule has 0 spiro atoms. The Morgan fingerprint density at radius 3 is 2.56 bits per heavy atom. The van der Waals surface area contributed by atoms with Gasteiger partial charge in [0.25, 0.3) is 0 Å². The molecular weight excluding hydrogens is 432 g/mol. The lowest BCUT2D eigenvalue weighted by Gasteiger charge is -2.36. The summed E-state index contributed by atoms with van der Waals surface area (Å²) in [4.78, 5) is 17.7. The zero-order chi connectivity index (χ0) is 24.1. The maximum absolute atomic E-state index is 13.1. The van der Waals surface area contributed by atoms with Gasteiger partial charge in [-0.15, -0.1) is 0 Å². The summed E-state index contributed by atoms with van der Waals surface area (Å²) in [7, 11) is 0. The second kappa shape index (κ2) is 10.5. The molecule has 7 heteroatoms. The Hall–Kier alpha value is -3.03. The fraction of sp³-hybridized carbons (Fsp3) is 0.444. The number of nitrogens with zero attached hydrogens (tertiary/aromatic N) is 2. The van der Waals surface area contributed by atoms with Gasteiger partial charge in [-0.2, -0.15) is 4.98 Å². The van der Waals surface area contributed by atoms with Gasteiger partial charge < -0.3 is 19.5 Å². The third-order valence-corrected chi connectivity index (χ3v) is 6.70. The van der Waals surface area contributed by atoms with Crippen LogP contribution in [-0.4, -0.2) is 45.5 Å². The van der Waals surface area contributed by atoms with E-state index in [0.29, 0.717) is 42.5 Å². The van der Waals surface area contributed by atoms with Crippen LogP contribution in [0.25, 0.3) is 11.4 Å². The number of Topliss-reactive ketones (excluding diaryl/α,β-unsaturated/α-hetero) is 1. The molecule has 0 amide bonds. The van der Waals surface area contributed by atoms with Crippen LogP contribution in [0.2, 0.25) is 0 Å². The summed E-state index contributed by atoms with van der Waals surface area (Å²) in [6, 6.07) is 13.9. The monoisotopic (exact) mass is 464 g/mol. The summed E-state index contributed by atoms with van der Waals surface area (Å²) < 4.78 is 11.2. The largest absolute Gasteiger partial charge is 0.490 e. The van der Waals surface area contributed by atoms with Crippen molar-refractivity contribution in [1.29, 1.82) is 0 Å². The predicted molar refractivity (Wildman–Crippen MR) is 128 cm³/mol. The van der Waals surface area contributed by atoms with E-state index in [1.807, 2.05) is 44.2 Å². The lowest BCUT2D eigenvalue weighted by molar-refractivity contribution is -0.126. The van der Waals surface area contributed by atoms with E-state index in [2.05, 4.69) is 22.3 Å². The number of hydrogen-bond acceptors (Lipinski definition) is 7. The van der Waals surface area contributed by atoms with Crippen molar-refractivity contribution in [3.05, 3.63) is 65.0 Å². The molecule has 4 rings (SSSR count). The summed E-state index contributed by atoms with van der Waals surface area (Å²) in [5, 5.41) is 22.7. The van der Waals surface area contributed by atoms with Gasteiger partial charge in [0, 0.05) is 18.4 Å². The Morgan fingerprint density at radius 1 is 1.15 bits per heavy atom. The number of aromatic nitrogens is 2. The molecule has 2 atom stereocenters. The molecule has 180 valence electrons. The van der Waals surface area contributed by atoms with E-state index in [0.717, 1.165) is 41.5 Å². The fourth-order valence-electron chi connectivity index (χ4n) is 4.90. The van der Waals surface area contributed by atoms with Gasteiger partial charge in [0.05, 0.1) is 12.0 Å². The van der Waals surface area contributed by atoms with Gasteiger partial charge in [0.1, 0.15) is 24.2 Å². The van der Waals surface area contributed by atoms with Crippen LogP contribution in [0.3, 0.4) is 0 Å². The Kier molecular flexibility index (Phi) is 7.44. The normalized spacial score (nSPS) is 19.2. The number of ether oxygens (including phenoxy) is 1. The molecule has 1 aromatic heterocycles. The van der Waals surface area contributed by atoms with Gasteiger partial charge in [-0.3, -0.25) is 4.79 Å². The average Bonchev–Trinajstić information content (AvgIpc) is 3.33. The molecule has 7 nitrogen and oxygen atoms in total. The zero-order valence-corrected chi connectivity index (χ0v) is 19.8. The molecule has 34 heavy (non-hydrogen) atoms. The SMILES string of the molecule is Cc1cc(-c2noc(CCC3(c4ccccc4)CCCCC3=O)n2)cc(C)c1OC[C@@H](O)CO. The number of rotatable bonds is 9. The Bertz CT molecular complexity index is 1100. The molecule has 1 aliphatic carbocycles. The molecular formula is C27H32N2O5. The number of benzene rings is 2. The molecule has 2 aromatic carbocycles. The van der Waals surface area contributed by atoms with E-state index in [-0.39, 0.29) is 13.2 Å². The molecule has 1 aliphatic rings. The highest BCUT2D eigenvalue weighted by Crippen LogP contribution is 2.40. The van der Waals surface area contributed by atoms with Crippen LogP contribution in [0.5, 0.6) is 5.75 Å². The van der Waals surface area contributed by atoms with E-state index in [4.69, 9.17) is 14.4 Å². The van der Waals surface area contributed by atoms with Crippen LogP contribution >= 0.6 is 0 Å². The molecule has 3 aromatic rings. The van der Waals surface area contributed by atoms with Gasteiger partial charge in [-0.05, 0) is 61.9 Å². The molecule has 0 saturated heterocycles. The summed E-state index contributed by atoms with van der Waals surface area (Å²) in [6.07, 6.45) is 3.72. The lowest BCUT2D eigenvalue weighted by atomic mass is 9.66. The number of hydrogen-bond donors (Lipinski definition) is 2. The minimum atomic E-state index is -0.923. The number of aliphatic hydroxyl groups excluding tert-OH is 2. The molecule has 0 bridgehead atoms. The lowest BCUT2D eigenvalue weighted by Crippen LogP contribution is -2.39. The number of ketones is 1. The fourth-order valence-corrected chi connectivity index (χ4v) is 4.90. The van der Waals surface area contributed by atoms with Crippen LogP contribution in [0.15, 0.2) is 47.0 Å². The number of aryl methyl sites for hydroxylation is 3. The second-order valence-electron chi connectivity index (χ2n) is 9.18. The number of carbonyl (C=O) groups is 1. The third kappa shape index (κ3) is 5.05. The molecule has 0 aliphatic heterocycles. The quantitative estimate of drug-likeness (QED) is 0.491. The van der Waals surface area contributed by atoms with E-state index in [1.165, 1.54) is 0 Å². The van der Waals surface area contributed by atoms with E-state index in [1.54, 1.807) is 0 Å². The zero-order valence-electron chi connectivity index (χ0n) is 19.8. The van der Waals surface area contributed by atoms with Crippen molar-refractivity contribution < 1.29 is 24.3 Å². The third-order valence-electron chi connectivity index (χ3n) is 6.70. The van der Waals surface area contributed by atoms with Crippen LogP contribution in [0, 0.1) is 13.8 Å². The van der Waals surface area contributed by atoms with Gasteiger partial charge in [0.15, 0.2) is 0 Å². The average molecular weight is 465 g/mol. The molecule has 2 N–H and O–H groups in total. The predicted octanol–water partition coefficient (Wildman–Crippen LogP) is 4.10. The summed E-state index contributed by atoms with van der Waals surface area (Å²) in [6.45, 7) is 3.50. The minimum Gasteiger partial charge on any atom is -0.490 e. The first kappa shape index (κ1) is 24.1.